The van der Waals surface area contributed by atoms with E-state index in [4.69, 9.17) is 5.21 Å². The van der Waals surface area contributed by atoms with Gasteiger partial charge < -0.3 is 5.21 Å². The predicted octanol–water partition coefficient (Wildman–Crippen LogP) is 0.0368. The first-order valence-corrected chi connectivity index (χ1v) is 3.67. The summed E-state index contributed by atoms with van der Waals surface area (Å²) in [6, 6.07) is 0. The number of H-pyrrole nitrogens is 1. The van der Waals surface area contributed by atoms with E-state index in [1.165, 1.54) is 0 Å². The Labute approximate surface area is 67.0 Å². The minimum Gasteiger partial charge on any atom is -0.411 e. The minimum absolute atomic E-state index is 0.416. The molecule has 2 rings (SSSR count). The van der Waals surface area contributed by atoms with Crippen LogP contribution in [0, 0.1) is 4.91 Å². The number of hydrogen-bond acceptors (Lipinski definition) is 4. The molecule has 0 saturated heterocycles. The molecule has 0 atom stereocenters. The highest BCUT2D eigenvalue weighted by Gasteiger charge is 2.28. The van der Waals surface area contributed by atoms with Crippen molar-refractivity contribution in [3.8, 4) is 0 Å². The van der Waals surface area contributed by atoms with Gasteiger partial charge in [0.15, 0.2) is 4.60 Å². The molecule has 1 aliphatic rings. The summed E-state index contributed by atoms with van der Waals surface area (Å²) in [6.07, 6.45) is 2.13. The summed E-state index contributed by atoms with van der Waals surface area (Å²) < 4.78 is 4.91. The van der Waals surface area contributed by atoms with Gasteiger partial charge in [-0.3, -0.25) is 0 Å². The first-order chi connectivity index (χ1) is 5.83. The van der Waals surface area contributed by atoms with Crippen molar-refractivity contribution in [2.75, 3.05) is 0 Å². The lowest BCUT2D eigenvalue weighted by molar-refractivity contribution is -0.719. The fraction of sp³-hybridized carbons (Fsp3) is 0.500. The second kappa shape index (κ2) is 2.47. The highest BCUT2D eigenvalue weighted by Crippen LogP contribution is 2.15. The van der Waals surface area contributed by atoms with Crippen molar-refractivity contribution in [1.82, 2.24) is 5.16 Å². The van der Waals surface area contributed by atoms with Crippen LogP contribution in [-0.2, 0) is 6.42 Å². The third kappa shape index (κ3) is 0.843. The highest BCUT2D eigenvalue weighted by molar-refractivity contribution is 5.99. The standard InChI is InChI=1S/C6H7N3O3/c10-7-4-2-1-3-5-6(4)8-12-9(5)11/h8H,1-3H2/p+1/b7-4+. The number of aromatic nitrogens is 2. The molecule has 6 heteroatoms. The summed E-state index contributed by atoms with van der Waals surface area (Å²) in [7, 11) is 0. The lowest BCUT2D eigenvalue weighted by atomic mass is 9.99. The number of nitrogens with one attached hydrogen (secondary N) is 1. The first-order valence-electron chi connectivity index (χ1n) is 3.67. The first kappa shape index (κ1) is 7.08. The molecular formula is C6H8N3O3+. The van der Waals surface area contributed by atoms with Crippen molar-refractivity contribution in [2.45, 2.75) is 19.3 Å². The lowest BCUT2D eigenvalue weighted by Gasteiger charge is -2.02. The number of hydrogen-bond donors (Lipinski definition) is 2. The number of oxime groups is 1. The van der Waals surface area contributed by atoms with Gasteiger partial charge in [-0.1, -0.05) is 14.9 Å². The Morgan fingerprint density at radius 1 is 1.58 bits per heavy atom. The van der Waals surface area contributed by atoms with Crippen molar-refractivity contribution in [3.05, 3.63) is 16.3 Å². The number of rotatable bonds is 0. The average Bonchev–Trinajstić information content (AvgIpc) is 2.48. The molecule has 1 aromatic heterocycles. The van der Waals surface area contributed by atoms with Gasteiger partial charge in [-0.15, -0.1) is 0 Å². The van der Waals surface area contributed by atoms with E-state index in [0.717, 1.165) is 6.42 Å². The van der Waals surface area contributed by atoms with Crippen LogP contribution >= 0.6 is 0 Å². The lowest BCUT2D eigenvalue weighted by Crippen LogP contribution is -2.22. The Morgan fingerprint density at radius 3 is 3.17 bits per heavy atom. The summed E-state index contributed by atoms with van der Waals surface area (Å²) in [5.74, 6) is 0. The van der Waals surface area contributed by atoms with Crippen molar-refractivity contribution in [1.29, 1.82) is 0 Å². The molecule has 12 heavy (non-hydrogen) atoms. The third-order valence-corrected chi connectivity index (χ3v) is 1.98. The predicted molar refractivity (Wildman–Crippen MR) is 37.7 cm³/mol. The molecule has 0 spiro atoms. The average molecular weight is 170 g/mol. The Hall–Kier alpha value is -1.59. The second-order valence-corrected chi connectivity index (χ2v) is 2.67. The van der Waals surface area contributed by atoms with E-state index in [9.17, 15) is 4.91 Å². The maximum absolute atomic E-state index is 10.9. The summed E-state index contributed by atoms with van der Waals surface area (Å²) >= 11 is 0. The van der Waals surface area contributed by atoms with Gasteiger partial charge in [0.05, 0.1) is 0 Å². The van der Waals surface area contributed by atoms with Crippen molar-refractivity contribution in [3.63, 3.8) is 0 Å². The number of fused-ring (bicyclic) bond motifs is 1. The molecule has 1 heterocycles. The van der Waals surface area contributed by atoms with E-state index in [-0.39, 0.29) is 0 Å². The molecule has 0 unspecified atom stereocenters. The summed E-state index contributed by atoms with van der Waals surface area (Å²) in [4.78, 5) is 10.9. The maximum Gasteiger partial charge on any atom is 0.251 e. The van der Waals surface area contributed by atoms with Crippen LogP contribution in [0.4, 0.5) is 0 Å². The zero-order chi connectivity index (χ0) is 8.55. The van der Waals surface area contributed by atoms with Crippen LogP contribution in [0.25, 0.3) is 0 Å². The monoisotopic (exact) mass is 170 g/mol. The molecule has 1 aliphatic carbocycles. The van der Waals surface area contributed by atoms with Crippen LogP contribution in [0.5, 0.6) is 0 Å². The molecule has 0 bridgehead atoms. The molecule has 0 aliphatic heterocycles. The van der Waals surface area contributed by atoms with Crippen LogP contribution in [-0.4, -0.2) is 16.1 Å². The topological polar surface area (TPSA) is 84.5 Å². The third-order valence-electron chi connectivity index (χ3n) is 1.98. The van der Waals surface area contributed by atoms with Gasteiger partial charge in [-0.25, -0.2) is 0 Å². The summed E-state index contributed by atoms with van der Waals surface area (Å²) in [5.41, 5.74) is 1.50. The van der Waals surface area contributed by atoms with Gasteiger partial charge in [-0.05, 0) is 17.7 Å². The minimum atomic E-state index is 0.416. The molecular weight excluding hydrogens is 162 g/mol. The van der Waals surface area contributed by atoms with Crippen molar-refractivity contribution < 1.29 is 14.4 Å². The molecule has 64 valence electrons. The van der Waals surface area contributed by atoms with Gasteiger partial charge in [0.2, 0.25) is 5.69 Å². The van der Waals surface area contributed by atoms with E-state index in [1.54, 1.807) is 0 Å². The zero-order valence-electron chi connectivity index (χ0n) is 6.28. The van der Waals surface area contributed by atoms with E-state index in [1.807, 2.05) is 0 Å². The Bertz CT molecular complexity index is 376. The molecule has 6 nitrogen and oxygen atoms in total. The maximum atomic E-state index is 10.9. The van der Waals surface area contributed by atoms with Gasteiger partial charge in [0.1, 0.15) is 5.71 Å². The van der Waals surface area contributed by atoms with Gasteiger partial charge in [-0.2, -0.15) is 0 Å². The SMILES string of the molecule is O=[n+]1o[nH]c2c1CCC/C2=N\O. The van der Waals surface area contributed by atoms with Gasteiger partial charge in [0.25, 0.3) is 5.69 Å². The Kier molecular flexibility index (Phi) is 1.46. The Morgan fingerprint density at radius 2 is 2.42 bits per heavy atom. The van der Waals surface area contributed by atoms with Gasteiger partial charge >= 0.3 is 0 Å². The Balaban J connectivity index is 2.60. The van der Waals surface area contributed by atoms with Crippen LogP contribution in [0.15, 0.2) is 9.78 Å². The molecule has 0 fully saturated rings. The van der Waals surface area contributed by atoms with Crippen molar-refractivity contribution >= 4 is 5.71 Å². The number of nitrogens with zero attached hydrogens (tertiary/aromatic N) is 2. The fourth-order valence-electron chi connectivity index (χ4n) is 1.38. The molecule has 0 radical (unpaired) electrons. The second-order valence-electron chi connectivity index (χ2n) is 2.67. The van der Waals surface area contributed by atoms with E-state index >= 15 is 0 Å². The molecule has 0 amide bonds. The normalized spacial score (nSPS) is 19.5. The van der Waals surface area contributed by atoms with Crippen LogP contribution < -0.4 is 4.60 Å². The molecule has 0 saturated carbocycles. The van der Waals surface area contributed by atoms with E-state index < -0.39 is 0 Å². The van der Waals surface area contributed by atoms with E-state index in [0.29, 0.717) is 34.5 Å². The van der Waals surface area contributed by atoms with Gasteiger partial charge in [0, 0.05) is 6.42 Å². The fourth-order valence-corrected chi connectivity index (χ4v) is 1.38. The zero-order valence-corrected chi connectivity index (χ0v) is 6.28. The van der Waals surface area contributed by atoms with Crippen LogP contribution in [0.2, 0.25) is 0 Å². The van der Waals surface area contributed by atoms with Crippen LogP contribution in [0.3, 0.4) is 0 Å². The molecule has 0 aromatic carbocycles. The summed E-state index contributed by atoms with van der Waals surface area (Å²) in [6.45, 7) is 0. The molecule has 2 N–H and O–H groups in total. The smallest absolute Gasteiger partial charge is 0.251 e. The molecule has 1 aromatic rings. The summed E-state index contributed by atoms with van der Waals surface area (Å²) in [5, 5.41) is 14.0. The quantitative estimate of drug-likeness (QED) is 0.425. The van der Waals surface area contributed by atoms with E-state index in [2.05, 4.69) is 14.9 Å². The highest BCUT2D eigenvalue weighted by atomic mass is 16.7. The van der Waals surface area contributed by atoms with Crippen molar-refractivity contribution in [2.24, 2.45) is 5.16 Å². The van der Waals surface area contributed by atoms with Crippen LogP contribution in [0.1, 0.15) is 24.2 Å². The largest absolute Gasteiger partial charge is 0.411 e. The number of aromatic amines is 1.